The fraction of sp³-hybridized carbons (Fsp3) is 0.688. The van der Waals surface area contributed by atoms with Crippen molar-refractivity contribution in [2.45, 2.75) is 46.1 Å². The van der Waals surface area contributed by atoms with Gasteiger partial charge >= 0.3 is 0 Å². The minimum absolute atomic E-state index is 0.387. The van der Waals surface area contributed by atoms with Gasteiger partial charge in [0, 0.05) is 25.3 Å². The molecule has 0 radical (unpaired) electrons. The standard InChI is InChI=1S/C16H27N3/c1-4-6-14-9-10-19(12-14)16-8-7-15(11-18-16)13(3)17-5-2/h7-8,11,13-14,17H,4-6,9-10,12H2,1-3H3. The van der Waals surface area contributed by atoms with Gasteiger partial charge in [0.05, 0.1) is 0 Å². The Morgan fingerprint density at radius 2 is 2.26 bits per heavy atom. The molecule has 2 atom stereocenters. The van der Waals surface area contributed by atoms with E-state index in [1.807, 2.05) is 6.20 Å². The summed E-state index contributed by atoms with van der Waals surface area (Å²) < 4.78 is 0. The Balaban J connectivity index is 1.95. The van der Waals surface area contributed by atoms with Crippen molar-refractivity contribution in [1.82, 2.24) is 10.3 Å². The third kappa shape index (κ3) is 3.69. The van der Waals surface area contributed by atoms with E-state index >= 15 is 0 Å². The van der Waals surface area contributed by atoms with Crippen LogP contribution in [0.1, 0.15) is 51.6 Å². The molecule has 0 saturated carbocycles. The van der Waals surface area contributed by atoms with Gasteiger partial charge in [0.15, 0.2) is 0 Å². The average molecular weight is 261 g/mol. The summed E-state index contributed by atoms with van der Waals surface area (Å²) in [5.74, 6) is 2.01. The Labute approximate surface area is 117 Å². The SMILES string of the molecule is CCCC1CCN(c2ccc(C(C)NCC)cn2)C1. The molecule has 0 aromatic carbocycles. The quantitative estimate of drug-likeness (QED) is 0.851. The highest BCUT2D eigenvalue weighted by Gasteiger charge is 2.22. The van der Waals surface area contributed by atoms with Gasteiger partial charge in [-0.1, -0.05) is 26.3 Å². The molecule has 106 valence electrons. The third-order valence-corrected chi connectivity index (χ3v) is 4.09. The van der Waals surface area contributed by atoms with Crippen LogP contribution in [0.3, 0.4) is 0 Å². The largest absolute Gasteiger partial charge is 0.356 e. The Bertz CT molecular complexity index is 374. The van der Waals surface area contributed by atoms with Gasteiger partial charge in [-0.25, -0.2) is 4.98 Å². The molecule has 0 amide bonds. The number of rotatable bonds is 6. The number of hydrogen-bond donors (Lipinski definition) is 1. The summed E-state index contributed by atoms with van der Waals surface area (Å²) in [6.07, 6.45) is 6.00. The van der Waals surface area contributed by atoms with E-state index in [9.17, 15) is 0 Å². The molecule has 1 saturated heterocycles. The first-order chi connectivity index (χ1) is 9.24. The van der Waals surface area contributed by atoms with Crippen molar-refractivity contribution in [2.75, 3.05) is 24.5 Å². The molecular formula is C16H27N3. The van der Waals surface area contributed by atoms with Crippen molar-refractivity contribution >= 4 is 5.82 Å². The van der Waals surface area contributed by atoms with Crippen molar-refractivity contribution in [2.24, 2.45) is 5.92 Å². The lowest BCUT2D eigenvalue weighted by Crippen LogP contribution is -2.21. The van der Waals surface area contributed by atoms with Crippen LogP contribution in [-0.4, -0.2) is 24.6 Å². The Morgan fingerprint density at radius 1 is 1.42 bits per heavy atom. The Kier molecular flexibility index (Phi) is 5.20. The summed E-state index contributed by atoms with van der Waals surface area (Å²) in [5.41, 5.74) is 1.27. The van der Waals surface area contributed by atoms with E-state index in [4.69, 9.17) is 0 Å². The van der Waals surface area contributed by atoms with Crippen LogP contribution in [0.5, 0.6) is 0 Å². The molecule has 1 aromatic rings. The minimum Gasteiger partial charge on any atom is -0.356 e. The summed E-state index contributed by atoms with van der Waals surface area (Å²) in [4.78, 5) is 7.08. The normalized spacial score (nSPS) is 20.8. The van der Waals surface area contributed by atoms with Crippen molar-refractivity contribution in [1.29, 1.82) is 0 Å². The van der Waals surface area contributed by atoms with Gasteiger partial charge in [0.25, 0.3) is 0 Å². The van der Waals surface area contributed by atoms with Crippen molar-refractivity contribution in [3.05, 3.63) is 23.9 Å². The topological polar surface area (TPSA) is 28.2 Å². The molecule has 1 aromatic heterocycles. The van der Waals surface area contributed by atoms with Crippen LogP contribution in [0.25, 0.3) is 0 Å². The molecule has 3 nitrogen and oxygen atoms in total. The predicted molar refractivity (Wildman–Crippen MR) is 81.6 cm³/mol. The molecule has 0 bridgehead atoms. The predicted octanol–water partition coefficient (Wildman–Crippen LogP) is 3.38. The van der Waals surface area contributed by atoms with Gasteiger partial charge in [0.1, 0.15) is 5.82 Å². The molecule has 2 rings (SSSR count). The van der Waals surface area contributed by atoms with Crippen molar-refractivity contribution < 1.29 is 0 Å². The molecule has 0 spiro atoms. The summed E-state index contributed by atoms with van der Waals surface area (Å²) in [7, 11) is 0. The first kappa shape index (κ1) is 14.3. The van der Waals surface area contributed by atoms with E-state index in [-0.39, 0.29) is 0 Å². The third-order valence-electron chi connectivity index (χ3n) is 4.09. The minimum atomic E-state index is 0.387. The number of nitrogens with zero attached hydrogens (tertiary/aromatic N) is 2. The van der Waals surface area contributed by atoms with Crippen LogP contribution in [0.4, 0.5) is 5.82 Å². The number of nitrogens with one attached hydrogen (secondary N) is 1. The van der Waals surface area contributed by atoms with E-state index in [1.165, 1.54) is 37.9 Å². The molecule has 1 fully saturated rings. The van der Waals surface area contributed by atoms with E-state index in [1.54, 1.807) is 0 Å². The number of anilines is 1. The number of pyridine rings is 1. The highest BCUT2D eigenvalue weighted by Crippen LogP contribution is 2.25. The summed E-state index contributed by atoms with van der Waals surface area (Å²) in [6.45, 7) is 9.94. The maximum atomic E-state index is 4.64. The summed E-state index contributed by atoms with van der Waals surface area (Å²) in [6, 6.07) is 4.78. The molecule has 1 N–H and O–H groups in total. The van der Waals surface area contributed by atoms with E-state index in [0.29, 0.717) is 6.04 Å². The van der Waals surface area contributed by atoms with Gasteiger partial charge in [0.2, 0.25) is 0 Å². The monoisotopic (exact) mass is 261 g/mol. The fourth-order valence-electron chi connectivity index (χ4n) is 2.95. The zero-order valence-corrected chi connectivity index (χ0v) is 12.5. The smallest absolute Gasteiger partial charge is 0.128 e. The zero-order valence-electron chi connectivity index (χ0n) is 12.5. The molecule has 1 aliphatic heterocycles. The molecule has 19 heavy (non-hydrogen) atoms. The number of aromatic nitrogens is 1. The lowest BCUT2D eigenvalue weighted by molar-refractivity contribution is 0.529. The molecule has 3 heteroatoms. The van der Waals surface area contributed by atoms with Gasteiger partial charge in [-0.2, -0.15) is 0 Å². The molecule has 2 heterocycles. The molecule has 0 aliphatic carbocycles. The molecule has 2 unspecified atom stereocenters. The highest BCUT2D eigenvalue weighted by molar-refractivity contribution is 5.41. The molecular weight excluding hydrogens is 234 g/mol. The molecule has 1 aliphatic rings. The van der Waals surface area contributed by atoms with Crippen LogP contribution < -0.4 is 10.2 Å². The van der Waals surface area contributed by atoms with Crippen LogP contribution in [0.15, 0.2) is 18.3 Å². The Hall–Kier alpha value is -1.09. The Morgan fingerprint density at radius 3 is 2.89 bits per heavy atom. The van der Waals surface area contributed by atoms with Crippen molar-refractivity contribution in [3.63, 3.8) is 0 Å². The second kappa shape index (κ2) is 6.90. The first-order valence-corrected chi connectivity index (χ1v) is 7.68. The zero-order chi connectivity index (χ0) is 13.7. The van der Waals surface area contributed by atoms with Gasteiger partial charge in [-0.05, 0) is 43.9 Å². The van der Waals surface area contributed by atoms with Gasteiger partial charge in [-0.3, -0.25) is 0 Å². The van der Waals surface area contributed by atoms with Crippen LogP contribution >= 0.6 is 0 Å². The van der Waals surface area contributed by atoms with Gasteiger partial charge < -0.3 is 10.2 Å². The summed E-state index contributed by atoms with van der Waals surface area (Å²) in [5, 5.41) is 3.42. The lowest BCUT2D eigenvalue weighted by Gasteiger charge is -2.19. The maximum Gasteiger partial charge on any atom is 0.128 e. The number of hydrogen-bond acceptors (Lipinski definition) is 3. The van der Waals surface area contributed by atoms with E-state index < -0.39 is 0 Å². The highest BCUT2D eigenvalue weighted by atomic mass is 15.2. The van der Waals surface area contributed by atoms with Crippen LogP contribution in [-0.2, 0) is 0 Å². The van der Waals surface area contributed by atoms with Crippen molar-refractivity contribution in [3.8, 4) is 0 Å². The van der Waals surface area contributed by atoms with Crippen LogP contribution in [0.2, 0.25) is 0 Å². The average Bonchev–Trinajstić information content (AvgIpc) is 2.88. The second-order valence-electron chi connectivity index (χ2n) is 5.62. The first-order valence-electron chi connectivity index (χ1n) is 7.68. The summed E-state index contributed by atoms with van der Waals surface area (Å²) >= 11 is 0. The maximum absolute atomic E-state index is 4.64. The second-order valence-corrected chi connectivity index (χ2v) is 5.62. The fourth-order valence-corrected chi connectivity index (χ4v) is 2.95. The lowest BCUT2D eigenvalue weighted by atomic mass is 10.0. The van der Waals surface area contributed by atoms with E-state index in [0.717, 1.165) is 18.3 Å². The van der Waals surface area contributed by atoms with Crippen LogP contribution in [0, 0.1) is 5.92 Å². The van der Waals surface area contributed by atoms with Gasteiger partial charge in [-0.15, -0.1) is 0 Å². The van der Waals surface area contributed by atoms with E-state index in [2.05, 4.69) is 48.1 Å².